The van der Waals surface area contributed by atoms with Crippen LogP contribution in [-0.4, -0.2) is 15.5 Å². The molecule has 2 N–H and O–H groups in total. The van der Waals surface area contributed by atoms with E-state index >= 15 is 0 Å². The zero-order valence-electron chi connectivity index (χ0n) is 10.4. The molecule has 0 radical (unpaired) electrons. The summed E-state index contributed by atoms with van der Waals surface area (Å²) >= 11 is 0. The van der Waals surface area contributed by atoms with Crippen molar-refractivity contribution in [1.29, 1.82) is 0 Å². The van der Waals surface area contributed by atoms with Crippen molar-refractivity contribution in [3.8, 4) is 0 Å². The fourth-order valence-electron chi connectivity index (χ4n) is 1.95. The van der Waals surface area contributed by atoms with Crippen LogP contribution in [0.2, 0.25) is 0 Å². The van der Waals surface area contributed by atoms with Gasteiger partial charge in [0, 0.05) is 19.0 Å². The molecule has 0 saturated carbocycles. The maximum atomic E-state index is 11.1. The monoisotopic (exact) mass is 231 g/mol. The quantitative estimate of drug-likeness (QED) is 0.876. The van der Waals surface area contributed by atoms with Crippen LogP contribution in [-0.2, 0) is 13.5 Å². The highest BCUT2D eigenvalue weighted by atomic mass is 16.1. The van der Waals surface area contributed by atoms with Gasteiger partial charge in [-0.2, -0.15) is 0 Å². The lowest BCUT2D eigenvalue weighted by molar-refractivity contribution is 0.100. The number of amides is 1. The van der Waals surface area contributed by atoms with Crippen molar-refractivity contribution in [3.05, 3.63) is 29.6 Å². The number of nitrogens with two attached hydrogens (primary N) is 1. The molecule has 0 bridgehead atoms. The van der Waals surface area contributed by atoms with Gasteiger partial charge in [0.1, 0.15) is 5.82 Å². The predicted molar refractivity (Wildman–Crippen MR) is 67.8 cm³/mol. The second-order valence-corrected chi connectivity index (χ2v) is 4.75. The second kappa shape index (κ2) is 4.20. The molecular weight excluding hydrogens is 214 g/mol. The van der Waals surface area contributed by atoms with Gasteiger partial charge in [0.15, 0.2) is 0 Å². The first-order valence-corrected chi connectivity index (χ1v) is 5.74. The van der Waals surface area contributed by atoms with Gasteiger partial charge < -0.3 is 10.3 Å². The number of carbonyl (C=O) groups excluding carboxylic acids is 1. The lowest BCUT2D eigenvalue weighted by Crippen LogP contribution is -2.10. The molecule has 4 heteroatoms. The largest absolute Gasteiger partial charge is 0.366 e. The molecule has 2 rings (SSSR count). The van der Waals surface area contributed by atoms with E-state index in [-0.39, 0.29) is 0 Å². The van der Waals surface area contributed by atoms with Crippen LogP contribution in [0.4, 0.5) is 0 Å². The lowest BCUT2D eigenvalue weighted by atomic mass is 10.1. The molecule has 4 nitrogen and oxygen atoms in total. The summed E-state index contributed by atoms with van der Waals surface area (Å²) in [5, 5.41) is 0. The highest BCUT2D eigenvalue weighted by molar-refractivity contribution is 5.96. The Morgan fingerprint density at radius 3 is 2.76 bits per heavy atom. The van der Waals surface area contributed by atoms with Crippen molar-refractivity contribution in [2.75, 3.05) is 0 Å². The van der Waals surface area contributed by atoms with Gasteiger partial charge in [-0.05, 0) is 24.1 Å². The predicted octanol–water partition coefficient (Wildman–Crippen LogP) is 1.87. The summed E-state index contributed by atoms with van der Waals surface area (Å²) in [6.45, 7) is 4.32. The van der Waals surface area contributed by atoms with Gasteiger partial charge in [-0.1, -0.05) is 13.8 Å². The molecular formula is C13H17N3O. The Morgan fingerprint density at radius 2 is 2.18 bits per heavy atom. The van der Waals surface area contributed by atoms with E-state index in [0.717, 1.165) is 23.3 Å². The zero-order chi connectivity index (χ0) is 12.6. The fraction of sp³-hybridized carbons (Fsp3) is 0.385. The summed E-state index contributed by atoms with van der Waals surface area (Å²) in [5.74, 6) is 1.18. The molecule has 0 aliphatic heterocycles. The minimum atomic E-state index is -0.414. The van der Waals surface area contributed by atoms with Gasteiger partial charge in [0.2, 0.25) is 5.91 Å². The number of primary amides is 1. The van der Waals surface area contributed by atoms with Crippen LogP contribution in [0.3, 0.4) is 0 Å². The molecule has 0 atom stereocenters. The van der Waals surface area contributed by atoms with Crippen molar-refractivity contribution in [1.82, 2.24) is 9.55 Å². The van der Waals surface area contributed by atoms with E-state index in [9.17, 15) is 4.79 Å². The number of rotatable bonds is 3. The first-order valence-electron chi connectivity index (χ1n) is 5.74. The minimum absolute atomic E-state index is 0.414. The van der Waals surface area contributed by atoms with Crippen LogP contribution in [0.25, 0.3) is 11.0 Å². The van der Waals surface area contributed by atoms with E-state index < -0.39 is 5.91 Å². The molecule has 90 valence electrons. The molecule has 17 heavy (non-hydrogen) atoms. The topological polar surface area (TPSA) is 60.9 Å². The van der Waals surface area contributed by atoms with Crippen LogP contribution in [0.1, 0.15) is 30.0 Å². The molecule has 0 aliphatic carbocycles. The van der Waals surface area contributed by atoms with Gasteiger partial charge in [-0.15, -0.1) is 0 Å². The van der Waals surface area contributed by atoms with E-state index in [4.69, 9.17) is 5.73 Å². The Hall–Kier alpha value is -1.84. The first-order chi connectivity index (χ1) is 7.99. The standard InChI is InChI=1S/C13H17N3O/c1-8(2)6-12-15-10-7-9(13(14)17)4-5-11(10)16(12)3/h4-5,7-8H,6H2,1-3H3,(H2,14,17). The Bertz CT molecular complexity index is 569. The molecule has 0 aliphatic rings. The lowest BCUT2D eigenvalue weighted by Gasteiger charge is -2.04. The highest BCUT2D eigenvalue weighted by Crippen LogP contribution is 2.18. The van der Waals surface area contributed by atoms with Crippen molar-refractivity contribution in [3.63, 3.8) is 0 Å². The van der Waals surface area contributed by atoms with Crippen LogP contribution in [0.5, 0.6) is 0 Å². The Labute approximate surface area is 100 Å². The number of aryl methyl sites for hydroxylation is 1. The van der Waals surface area contributed by atoms with Crippen LogP contribution in [0.15, 0.2) is 18.2 Å². The number of benzene rings is 1. The number of imidazole rings is 1. The van der Waals surface area contributed by atoms with E-state index in [0.29, 0.717) is 11.5 Å². The average Bonchev–Trinajstić information content (AvgIpc) is 2.54. The van der Waals surface area contributed by atoms with Crippen molar-refractivity contribution < 1.29 is 4.79 Å². The third-order valence-corrected chi connectivity index (χ3v) is 2.85. The number of aromatic nitrogens is 2. The third-order valence-electron chi connectivity index (χ3n) is 2.85. The van der Waals surface area contributed by atoms with Gasteiger partial charge in [0.05, 0.1) is 11.0 Å². The minimum Gasteiger partial charge on any atom is -0.366 e. The Kier molecular flexibility index (Phi) is 2.88. The molecule has 0 saturated heterocycles. The second-order valence-electron chi connectivity index (χ2n) is 4.75. The summed E-state index contributed by atoms with van der Waals surface area (Å²) in [6.07, 6.45) is 0.928. The van der Waals surface area contributed by atoms with Gasteiger partial charge in [-0.25, -0.2) is 4.98 Å². The zero-order valence-corrected chi connectivity index (χ0v) is 10.4. The van der Waals surface area contributed by atoms with Crippen molar-refractivity contribution in [2.45, 2.75) is 20.3 Å². The molecule has 1 heterocycles. The van der Waals surface area contributed by atoms with Gasteiger partial charge >= 0.3 is 0 Å². The average molecular weight is 231 g/mol. The summed E-state index contributed by atoms with van der Waals surface area (Å²) in [4.78, 5) is 15.7. The molecule has 0 unspecified atom stereocenters. The smallest absolute Gasteiger partial charge is 0.248 e. The maximum Gasteiger partial charge on any atom is 0.248 e. The molecule has 1 aromatic carbocycles. The first kappa shape index (κ1) is 11.6. The SMILES string of the molecule is CC(C)Cc1nc2cc(C(N)=O)ccc2n1C. The van der Waals surface area contributed by atoms with E-state index in [2.05, 4.69) is 23.4 Å². The molecule has 1 aromatic heterocycles. The number of hydrogen-bond donors (Lipinski definition) is 1. The summed E-state index contributed by atoms with van der Waals surface area (Å²) < 4.78 is 2.07. The van der Waals surface area contributed by atoms with Crippen molar-refractivity contribution >= 4 is 16.9 Å². The summed E-state index contributed by atoms with van der Waals surface area (Å²) in [5.41, 5.74) is 7.63. The van der Waals surface area contributed by atoms with Crippen molar-refractivity contribution in [2.24, 2.45) is 18.7 Å². The summed E-state index contributed by atoms with van der Waals surface area (Å²) in [6, 6.07) is 5.39. The summed E-state index contributed by atoms with van der Waals surface area (Å²) in [7, 11) is 2.00. The van der Waals surface area contributed by atoms with E-state index in [1.165, 1.54) is 0 Å². The normalized spacial score (nSPS) is 11.3. The number of nitrogens with zero attached hydrogens (tertiary/aromatic N) is 2. The van der Waals surface area contributed by atoms with Crippen LogP contribution >= 0.6 is 0 Å². The molecule has 1 amide bonds. The van der Waals surface area contributed by atoms with Gasteiger partial charge in [-0.3, -0.25) is 4.79 Å². The number of carbonyl (C=O) groups is 1. The maximum absolute atomic E-state index is 11.1. The van der Waals surface area contributed by atoms with E-state index in [1.54, 1.807) is 12.1 Å². The third kappa shape index (κ3) is 2.16. The van der Waals surface area contributed by atoms with Gasteiger partial charge in [0.25, 0.3) is 0 Å². The Balaban J connectivity index is 2.53. The number of hydrogen-bond acceptors (Lipinski definition) is 2. The number of fused-ring (bicyclic) bond motifs is 1. The Morgan fingerprint density at radius 1 is 1.47 bits per heavy atom. The van der Waals surface area contributed by atoms with E-state index in [1.807, 2.05) is 13.1 Å². The van der Waals surface area contributed by atoms with Crippen LogP contribution < -0.4 is 5.73 Å². The highest BCUT2D eigenvalue weighted by Gasteiger charge is 2.10. The molecule has 2 aromatic rings. The van der Waals surface area contributed by atoms with Crippen LogP contribution in [0, 0.1) is 5.92 Å². The fourth-order valence-corrected chi connectivity index (χ4v) is 1.95. The molecule has 0 fully saturated rings. The molecule has 0 spiro atoms.